The van der Waals surface area contributed by atoms with Crippen molar-refractivity contribution in [1.29, 1.82) is 0 Å². The summed E-state index contributed by atoms with van der Waals surface area (Å²) in [4.78, 5) is 15.3. The molecule has 3 heterocycles. The summed E-state index contributed by atoms with van der Waals surface area (Å²) in [6.45, 7) is 0. The normalized spacial score (nSPS) is 17.0. The minimum Gasteiger partial charge on any atom is -0.343 e. The largest absolute Gasteiger partial charge is 0.343 e. The predicted molar refractivity (Wildman–Crippen MR) is 120 cm³/mol. The van der Waals surface area contributed by atoms with Crippen molar-refractivity contribution in [2.45, 2.75) is 19.3 Å². The Labute approximate surface area is 178 Å². The standard InChI is InChI=1S/C21H22ClN3OS2/c1-25(2)21(26)19-20-16(11-18(28-20)14-5-7-15(22)8-6-14)17(23-24-19)10-13-4-3-9-27-12-13/h5-8,11,13H,3-4,9-10,12H2,1-2H3. The molecule has 1 atom stereocenters. The van der Waals surface area contributed by atoms with E-state index < -0.39 is 0 Å². The molecule has 7 heteroatoms. The van der Waals surface area contributed by atoms with Crippen LogP contribution in [-0.2, 0) is 6.42 Å². The number of benzene rings is 1. The molecule has 0 radical (unpaired) electrons. The van der Waals surface area contributed by atoms with E-state index in [9.17, 15) is 4.79 Å². The monoisotopic (exact) mass is 431 g/mol. The number of rotatable bonds is 4. The lowest BCUT2D eigenvalue weighted by molar-refractivity contribution is 0.0823. The minimum absolute atomic E-state index is 0.109. The maximum Gasteiger partial charge on any atom is 0.275 e. The molecule has 1 aliphatic rings. The molecule has 1 unspecified atom stereocenters. The first-order valence-corrected chi connectivity index (χ1v) is 11.7. The Kier molecular flexibility index (Phi) is 5.90. The molecule has 28 heavy (non-hydrogen) atoms. The number of hydrogen-bond donors (Lipinski definition) is 0. The fraction of sp³-hybridized carbons (Fsp3) is 0.381. The van der Waals surface area contributed by atoms with Gasteiger partial charge in [-0.05, 0) is 60.4 Å². The van der Waals surface area contributed by atoms with Crippen LogP contribution in [0.2, 0.25) is 5.02 Å². The summed E-state index contributed by atoms with van der Waals surface area (Å²) in [6.07, 6.45) is 3.43. The molecule has 0 spiro atoms. The van der Waals surface area contributed by atoms with E-state index in [-0.39, 0.29) is 5.91 Å². The van der Waals surface area contributed by atoms with Crippen molar-refractivity contribution in [3.63, 3.8) is 0 Å². The van der Waals surface area contributed by atoms with E-state index in [2.05, 4.69) is 16.3 Å². The van der Waals surface area contributed by atoms with Gasteiger partial charge in [0, 0.05) is 29.4 Å². The van der Waals surface area contributed by atoms with Gasteiger partial charge in [-0.2, -0.15) is 16.9 Å². The molecule has 1 saturated heterocycles. The molecule has 146 valence electrons. The van der Waals surface area contributed by atoms with Crippen molar-refractivity contribution in [2.24, 2.45) is 5.92 Å². The SMILES string of the molecule is CN(C)C(=O)c1nnc(CC2CCCSC2)c2cc(-c3ccc(Cl)cc3)sc12. The highest BCUT2D eigenvalue weighted by Gasteiger charge is 2.23. The lowest BCUT2D eigenvalue weighted by Crippen LogP contribution is -2.23. The van der Waals surface area contributed by atoms with Crippen molar-refractivity contribution in [2.75, 3.05) is 25.6 Å². The van der Waals surface area contributed by atoms with Crippen LogP contribution in [0.4, 0.5) is 0 Å². The molecule has 0 saturated carbocycles. The highest BCUT2D eigenvalue weighted by atomic mass is 35.5. The molecule has 1 fully saturated rings. The van der Waals surface area contributed by atoms with Crippen LogP contribution in [0.5, 0.6) is 0 Å². The number of thiophene rings is 1. The van der Waals surface area contributed by atoms with Crippen molar-refractivity contribution >= 4 is 50.7 Å². The Morgan fingerprint density at radius 3 is 2.71 bits per heavy atom. The number of carbonyl (C=O) groups excluding carboxylic acids is 1. The first-order chi connectivity index (χ1) is 13.5. The average molecular weight is 432 g/mol. The summed E-state index contributed by atoms with van der Waals surface area (Å²) in [5, 5.41) is 10.6. The van der Waals surface area contributed by atoms with Crippen LogP contribution in [0.25, 0.3) is 20.5 Å². The second kappa shape index (κ2) is 8.39. The van der Waals surface area contributed by atoms with E-state index in [1.807, 2.05) is 36.0 Å². The number of hydrogen-bond acceptors (Lipinski definition) is 5. The Balaban J connectivity index is 1.80. The van der Waals surface area contributed by atoms with Gasteiger partial charge in [0.25, 0.3) is 5.91 Å². The van der Waals surface area contributed by atoms with E-state index in [0.717, 1.165) is 32.6 Å². The third-order valence-corrected chi connectivity index (χ3v) is 7.73. The molecule has 4 rings (SSSR count). The van der Waals surface area contributed by atoms with Crippen molar-refractivity contribution in [1.82, 2.24) is 15.1 Å². The Hall–Kier alpha value is -1.63. The number of amides is 1. The van der Waals surface area contributed by atoms with Crippen molar-refractivity contribution < 1.29 is 4.79 Å². The average Bonchev–Trinajstić information content (AvgIpc) is 3.15. The van der Waals surface area contributed by atoms with E-state index in [1.54, 1.807) is 30.3 Å². The van der Waals surface area contributed by atoms with E-state index in [0.29, 0.717) is 16.6 Å². The fourth-order valence-corrected chi connectivity index (χ4v) is 5.94. The highest BCUT2D eigenvalue weighted by molar-refractivity contribution is 7.99. The highest BCUT2D eigenvalue weighted by Crippen LogP contribution is 2.38. The summed E-state index contributed by atoms with van der Waals surface area (Å²) < 4.78 is 0.928. The number of carbonyl (C=O) groups is 1. The molecule has 2 aromatic heterocycles. The van der Waals surface area contributed by atoms with E-state index in [1.165, 1.54) is 24.3 Å². The summed E-state index contributed by atoms with van der Waals surface area (Å²) in [7, 11) is 3.49. The molecule has 3 aromatic rings. The molecule has 1 amide bonds. The van der Waals surface area contributed by atoms with Gasteiger partial charge < -0.3 is 4.90 Å². The second-order valence-electron chi connectivity index (χ2n) is 7.34. The molecule has 1 aromatic carbocycles. The summed E-state index contributed by atoms with van der Waals surface area (Å²) in [6, 6.07) is 9.97. The fourth-order valence-electron chi connectivity index (χ4n) is 3.49. The number of thioether (sulfide) groups is 1. The zero-order valence-corrected chi connectivity index (χ0v) is 18.3. The Morgan fingerprint density at radius 2 is 2.04 bits per heavy atom. The molecular weight excluding hydrogens is 410 g/mol. The molecule has 4 nitrogen and oxygen atoms in total. The van der Waals surface area contributed by atoms with E-state index in [4.69, 9.17) is 11.6 Å². The number of nitrogens with zero attached hydrogens (tertiary/aromatic N) is 3. The van der Waals surface area contributed by atoms with Crippen LogP contribution in [0, 0.1) is 5.92 Å². The van der Waals surface area contributed by atoms with Gasteiger partial charge in [0.1, 0.15) is 0 Å². The molecule has 1 aliphatic heterocycles. The zero-order valence-electron chi connectivity index (χ0n) is 15.9. The zero-order chi connectivity index (χ0) is 19.7. The molecule has 0 bridgehead atoms. The van der Waals surface area contributed by atoms with Gasteiger partial charge in [-0.1, -0.05) is 23.7 Å². The third kappa shape index (κ3) is 4.04. The summed E-state index contributed by atoms with van der Waals surface area (Å²) in [5.74, 6) is 2.95. The summed E-state index contributed by atoms with van der Waals surface area (Å²) in [5.41, 5.74) is 2.54. The van der Waals surface area contributed by atoms with Crippen LogP contribution in [-0.4, -0.2) is 46.6 Å². The predicted octanol–water partition coefficient (Wildman–Crippen LogP) is 5.40. The van der Waals surface area contributed by atoms with Crippen LogP contribution in [0.3, 0.4) is 0 Å². The molecule has 0 N–H and O–H groups in total. The van der Waals surface area contributed by atoms with Gasteiger partial charge in [0.15, 0.2) is 5.69 Å². The van der Waals surface area contributed by atoms with Crippen molar-refractivity contribution in [3.8, 4) is 10.4 Å². The maximum atomic E-state index is 12.7. The minimum atomic E-state index is -0.109. The second-order valence-corrected chi connectivity index (χ2v) is 9.98. The maximum absolute atomic E-state index is 12.7. The van der Waals surface area contributed by atoms with Crippen LogP contribution >= 0.6 is 34.7 Å². The smallest absolute Gasteiger partial charge is 0.275 e. The molecular formula is C21H22ClN3OS2. The lowest BCUT2D eigenvalue weighted by Gasteiger charge is -2.21. The number of fused-ring (bicyclic) bond motifs is 1. The van der Waals surface area contributed by atoms with Crippen LogP contribution in [0.1, 0.15) is 29.0 Å². The number of aromatic nitrogens is 2. The number of halogens is 1. The quantitative estimate of drug-likeness (QED) is 0.554. The Bertz CT molecular complexity index is 995. The topological polar surface area (TPSA) is 46.1 Å². The molecule has 0 aliphatic carbocycles. The van der Waals surface area contributed by atoms with Gasteiger partial charge in [-0.3, -0.25) is 4.79 Å². The van der Waals surface area contributed by atoms with Gasteiger partial charge in [-0.15, -0.1) is 16.4 Å². The van der Waals surface area contributed by atoms with Crippen LogP contribution in [0.15, 0.2) is 30.3 Å². The van der Waals surface area contributed by atoms with Crippen LogP contribution < -0.4 is 0 Å². The van der Waals surface area contributed by atoms with Gasteiger partial charge in [0.05, 0.1) is 10.4 Å². The first-order valence-electron chi connectivity index (χ1n) is 9.37. The van der Waals surface area contributed by atoms with Crippen molar-refractivity contribution in [3.05, 3.63) is 46.7 Å². The van der Waals surface area contributed by atoms with Gasteiger partial charge >= 0.3 is 0 Å². The Morgan fingerprint density at radius 1 is 1.25 bits per heavy atom. The van der Waals surface area contributed by atoms with Gasteiger partial charge in [-0.25, -0.2) is 0 Å². The van der Waals surface area contributed by atoms with Gasteiger partial charge in [0.2, 0.25) is 0 Å². The van der Waals surface area contributed by atoms with E-state index >= 15 is 0 Å². The first kappa shape index (κ1) is 19.7. The summed E-state index contributed by atoms with van der Waals surface area (Å²) >= 11 is 9.68. The third-order valence-electron chi connectivity index (χ3n) is 5.00. The lowest BCUT2D eigenvalue weighted by atomic mass is 9.97.